The normalized spacial score (nSPS) is 10.7. The molecule has 0 bridgehead atoms. The van der Waals surface area contributed by atoms with Crippen molar-refractivity contribution in [1.29, 1.82) is 0 Å². The van der Waals surface area contributed by atoms with E-state index in [0.29, 0.717) is 30.9 Å². The number of nitro groups is 1. The zero-order valence-corrected chi connectivity index (χ0v) is 10.8. The van der Waals surface area contributed by atoms with Crippen LogP contribution in [0.4, 0.5) is 0 Å². The Morgan fingerprint density at radius 2 is 1.94 bits per heavy atom. The van der Waals surface area contributed by atoms with E-state index in [-0.39, 0.29) is 10.9 Å². The second kappa shape index (κ2) is 9.88. The summed E-state index contributed by atoms with van der Waals surface area (Å²) in [5, 5.41) is 9.76. The van der Waals surface area contributed by atoms with Crippen LogP contribution >= 0.6 is 23.7 Å². The van der Waals surface area contributed by atoms with Crippen LogP contribution in [-0.2, 0) is 14.3 Å². The number of ether oxygens (including phenoxy) is 2. The van der Waals surface area contributed by atoms with Gasteiger partial charge in [-0.1, -0.05) is 11.8 Å². The van der Waals surface area contributed by atoms with E-state index in [2.05, 4.69) is 0 Å². The highest BCUT2D eigenvalue weighted by Gasteiger charge is 2.14. The Balaban J connectivity index is 3.72. The highest BCUT2D eigenvalue weighted by molar-refractivity contribution is 8.15. The van der Waals surface area contributed by atoms with Crippen molar-refractivity contribution >= 4 is 28.8 Å². The molecule has 0 heterocycles. The molecule has 0 radical (unpaired) electrons. The Bertz CT molecular complexity index is 220. The maximum Gasteiger partial charge on any atom is 0.237 e. The molecule has 0 unspecified atom stereocenters. The first kappa shape index (κ1) is 15.7. The molecule has 94 valence electrons. The quantitative estimate of drug-likeness (QED) is 0.272. The summed E-state index contributed by atoms with van der Waals surface area (Å²) in [6, 6.07) is 0. The fraction of sp³-hybridized carbons (Fsp3) is 0.875. The van der Waals surface area contributed by atoms with E-state index in [9.17, 15) is 14.9 Å². The summed E-state index contributed by atoms with van der Waals surface area (Å²) in [7, 11) is 0. The second-order valence-corrected chi connectivity index (χ2v) is 4.44. The lowest BCUT2D eigenvalue weighted by Crippen LogP contribution is -2.21. The predicted molar refractivity (Wildman–Crippen MR) is 64.0 cm³/mol. The van der Waals surface area contributed by atoms with Gasteiger partial charge in [0.05, 0.1) is 5.75 Å². The molecule has 0 aliphatic heterocycles. The molecule has 16 heavy (non-hydrogen) atoms. The number of hydrogen-bond donors (Lipinski definition) is 0. The van der Waals surface area contributed by atoms with Gasteiger partial charge >= 0.3 is 0 Å². The van der Waals surface area contributed by atoms with E-state index in [4.69, 9.17) is 9.47 Å². The molecule has 0 aromatic carbocycles. The van der Waals surface area contributed by atoms with Gasteiger partial charge in [-0.05, 0) is 13.8 Å². The van der Waals surface area contributed by atoms with Gasteiger partial charge in [-0.2, -0.15) is 0 Å². The largest absolute Gasteiger partial charge is 0.352 e. The van der Waals surface area contributed by atoms with Crippen LogP contribution in [-0.4, -0.2) is 40.5 Å². The summed E-state index contributed by atoms with van der Waals surface area (Å²) in [6.07, 6.45) is -0.426. The van der Waals surface area contributed by atoms with Crippen molar-refractivity contribution in [2.75, 3.05) is 24.7 Å². The fourth-order valence-corrected chi connectivity index (χ4v) is 2.04. The maximum atomic E-state index is 11.2. The Labute approximate surface area is 103 Å². The van der Waals surface area contributed by atoms with Gasteiger partial charge in [0.1, 0.15) is 10.1 Å². The summed E-state index contributed by atoms with van der Waals surface area (Å²) in [5.41, 5.74) is 0. The lowest BCUT2D eigenvalue weighted by molar-refractivity contribution is -0.283. The molecule has 0 aliphatic carbocycles. The average Bonchev–Trinajstić information content (AvgIpc) is 2.23. The van der Waals surface area contributed by atoms with Crippen LogP contribution in [0.15, 0.2) is 0 Å². The van der Waals surface area contributed by atoms with Crippen LogP contribution in [0.5, 0.6) is 0 Å². The smallest absolute Gasteiger partial charge is 0.237 e. The minimum absolute atomic E-state index is 0.136. The maximum absolute atomic E-state index is 11.2. The SMILES string of the molecule is CCOC(CSC(=O)CS[N+](=O)[O-])OCC. The summed E-state index contributed by atoms with van der Waals surface area (Å²) in [6.45, 7) is 4.67. The van der Waals surface area contributed by atoms with Crippen LogP contribution in [0, 0.1) is 10.1 Å². The van der Waals surface area contributed by atoms with Gasteiger partial charge < -0.3 is 9.47 Å². The zero-order valence-electron chi connectivity index (χ0n) is 9.21. The van der Waals surface area contributed by atoms with Gasteiger partial charge in [-0.25, -0.2) is 0 Å². The molecule has 0 fully saturated rings. The fourth-order valence-electron chi connectivity index (χ4n) is 0.824. The van der Waals surface area contributed by atoms with Gasteiger partial charge in [0.25, 0.3) is 0 Å². The Morgan fingerprint density at radius 1 is 1.38 bits per heavy atom. The van der Waals surface area contributed by atoms with Crippen LogP contribution < -0.4 is 0 Å². The minimum atomic E-state index is -0.582. The van der Waals surface area contributed by atoms with Crippen LogP contribution in [0.2, 0.25) is 0 Å². The van der Waals surface area contributed by atoms with Crippen molar-refractivity contribution in [3.63, 3.8) is 0 Å². The molecule has 0 rings (SSSR count). The van der Waals surface area contributed by atoms with Gasteiger partial charge in [-0.3, -0.25) is 14.9 Å². The highest BCUT2D eigenvalue weighted by Crippen LogP contribution is 2.12. The van der Waals surface area contributed by atoms with Gasteiger partial charge in [0.15, 0.2) is 6.29 Å². The molecule has 0 atom stereocenters. The van der Waals surface area contributed by atoms with E-state index < -0.39 is 10.6 Å². The van der Waals surface area contributed by atoms with Gasteiger partial charge in [0, 0.05) is 13.2 Å². The molecular formula is C8H15NO5S2. The Kier molecular flexibility index (Phi) is 9.69. The molecule has 0 amide bonds. The average molecular weight is 269 g/mol. The van der Waals surface area contributed by atoms with Crippen molar-refractivity contribution in [3.05, 3.63) is 10.1 Å². The van der Waals surface area contributed by atoms with E-state index >= 15 is 0 Å². The summed E-state index contributed by atoms with van der Waals surface area (Å²) in [4.78, 5) is 21.2. The first-order valence-corrected chi connectivity index (χ1v) is 6.69. The number of thioether (sulfide) groups is 1. The van der Waals surface area contributed by atoms with Gasteiger partial charge in [-0.15, -0.1) is 0 Å². The molecule has 0 aromatic rings. The molecular weight excluding hydrogens is 254 g/mol. The van der Waals surface area contributed by atoms with Crippen molar-refractivity contribution in [3.8, 4) is 0 Å². The topological polar surface area (TPSA) is 78.7 Å². The van der Waals surface area contributed by atoms with Crippen molar-refractivity contribution in [2.45, 2.75) is 20.1 Å². The predicted octanol–water partition coefficient (Wildman–Crippen LogP) is 1.57. The van der Waals surface area contributed by atoms with E-state index in [1.807, 2.05) is 13.8 Å². The number of carbonyl (C=O) groups excluding carboxylic acids is 1. The molecule has 0 saturated heterocycles. The van der Waals surface area contributed by atoms with Crippen molar-refractivity contribution < 1.29 is 18.6 Å². The number of rotatable bonds is 9. The number of carbonyl (C=O) groups is 1. The molecule has 8 heteroatoms. The van der Waals surface area contributed by atoms with Crippen molar-refractivity contribution in [2.24, 2.45) is 0 Å². The first-order valence-electron chi connectivity index (χ1n) is 4.76. The third kappa shape index (κ3) is 8.96. The van der Waals surface area contributed by atoms with Gasteiger partial charge in [0.2, 0.25) is 17.1 Å². The molecule has 0 aliphatic rings. The third-order valence-corrected chi connectivity index (χ3v) is 3.06. The third-order valence-electron chi connectivity index (χ3n) is 1.37. The number of nitrogens with zero attached hydrogens (tertiary/aromatic N) is 1. The monoisotopic (exact) mass is 269 g/mol. The Hall–Kier alpha value is -0.310. The highest BCUT2D eigenvalue weighted by atomic mass is 32.2. The van der Waals surface area contributed by atoms with E-state index in [1.165, 1.54) is 0 Å². The van der Waals surface area contributed by atoms with Crippen LogP contribution in [0.1, 0.15) is 13.8 Å². The summed E-state index contributed by atoms with van der Waals surface area (Å²) < 4.78 is 9.86. The van der Waals surface area contributed by atoms with Crippen LogP contribution in [0.3, 0.4) is 0 Å². The number of hydrogen-bond acceptors (Lipinski definition) is 7. The first-order chi connectivity index (χ1) is 7.60. The Morgan fingerprint density at radius 3 is 2.38 bits per heavy atom. The van der Waals surface area contributed by atoms with E-state index in [0.717, 1.165) is 11.8 Å². The van der Waals surface area contributed by atoms with Crippen LogP contribution in [0.25, 0.3) is 0 Å². The van der Waals surface area contributed by atoms with E-state index in [1.54, 1.807) is 0 Å². The van der Waals surface area contributed by atoms with Crippen molar-refractivity contribution in [1.82, 2.24) is 0 Å². The summed E-state index contributed by atoms with van der Waals surface area (Å²) in [5.74, 6) is 0.224. The molecule has 6 nitrogen and oxygen atoms in total. The molecule has 0 spiro atoms. The molecule has 0 aromatic heterocycles. The summed E-state index contributed by atoms with van der Waals surface area (Å²) >= 11 is 1.38. The lowest BCUT2D eigenvalue weighted by atomic mass is 10.7. The zero-order chi connectivity index (χ0) is 12.4. The standard InChI is InChI=1S/C8H15NO5S2/c1-3-13-8(14-4-2)6-15-7(10)5-16-9(11)12/h8H,3-6H2,1-2H3. The lowest BCUT2D eigenvalue weighted by Gasteiger charge is -2.15. The second-order valence-electron chi connectivity index (χ2n) is 2.52. The molecule has 0 N–H and O–H groups in total. The molecule has 0 saturated carbocycles. The minimum Gasteiger partial charge on any atom is -0.352 e.